The van der Waals surface area contributed by atoms with Crippen LogP contribution in [-0.4, -0.2) is 73.4 Å². The number of hydrogen-bond donors (Lipinski definition) is 2. The van der Waals surface area contributed by atoms with E-state index in [4.69, 9.17) is 11.6 Å². The third kappa shape index (κ3) is 6.30. The Balaban J connectivity index is 1.29. The highest BCUT2D eigenvalue weighted by atomic mass is 35.5. The number of benzene rings is 1. The van der Waals surface area contributed by atoms with Crippen LogP contribution in [0.2, 0.25) is 5.02 Å². The number of pyridine rings is 1. The average Bonchev–Trinajstić information content (AvgIpc) is 3.64. The summed E-state index contributed by atoms with van der Waals surface area (Å²) < 4.78 is 85.6. The summed E-state index contributed by atoms with van der Waals surface area (Å²) in [6.45, 7) is 3.65. The molecule has 2 N–H and O–H groups in total. The van der Waals surface area contributed by atoms with Crippen LogP contribution in [0.25, 0.3) is 22.2 Å². The molecule has 2 aliphatic rings. The summed E-state index contributed by atoms with van der Waals surface area (Å²) in [4.78, 5) is 38.8. The first-order valence-electron chi connectivity index (χ1n) is 15.1. The minimum absolute atomic E-state index is 0.0268. The summed E-state index contributed by atoms with van der Waals surface area (Å²) in [5.41, 5.74) is -0.878. The molecule has 1 amide bonds. The Bertz CT molecular complexity index is 2000. The average molecular weight is 698 g/mol. The molecular formula is C31H30ClF6N7O3. The molecule has 1 fully saturated rings. The van der Waals surface area contributed by atoms with E-state index in [1.807, 2.05) is 0 Å². The molecule has 6 rings (SSSR count). The van der Waals surface area contributed by atoms with E-state index in [1.54, 1.807) is 16.7 Å². The molecule has 17 heteroatoms. The zero-order chi connectivity index (χ0) is 34.7. The lowest BCUT2D eigenvalue weighted by atomic mass is 10.0. The maximum atomic E-state index is 15.2. The number of nitrogens with zero attached hydrogens (tertiary/aromatic N) is 6. The molecular weight excluding hydrogens is 668 g/mol. The number of phenolic OH excluding ortho intramolecular Hbond substituents is 1. The summed E-state index contributed by atoms with van der Waals surface area (Å²) in [6.07, 6.45) is -2.81. The maximum absolute atomic E-state index is 15.2. The number of amides is 1. The van der Waals surface area contributed by atoms with Gasteiger partial charge in [0.1, 0.15) is 28.9 Å². The van der Waals surface area contributed by atoms with Gasteiger partial charge in [-0.25, -0.2) is 14.4 Å². The second kappa shape index (κ2) is 12.6. The zero-order valence-electron chi connectivity index (χ0n) is 25.8. The van der Waals surface area contributed by atoms with Crippen molar-refractivity contribution in [1.29, 1.82) is 0 Å². The number of piperazine rings is 1. The molecule has 4 aromatic rings. The number of hydrogen-bond acceptors (Lipinski definition) is 7. The standard InChI is InChI=1S/C31H30ClF6N7O3/c1-15-10-17(25(33)26(34)27(15)47)18-13-43(29-23(18)30(48)45-6-3-4-20(45)41-29)14-22(46)39-19-11-21(40-28(35)24(19)32)44-9-8-42(12-16(44)2)7-5-31(36,37)38/h10-11,13,16,47H,3-9,12,14H2,1-2H3,(H,39,40,46)/t16-/m0/s1. The van der Waals surface area contributed by atoms with Crippen molar-refractivity contribution in [3.8, 4) is 16.9 Å². The summed E-state index contributed by atoms with van der Waals surface area (Å²) in [5, 5.41) is 11.9. The molecule has 3 aromatic heterocycles. The van der Waals surface area contributed by atoms with Crippen molar-refractivity contribution in [3.05, 3.63) is 62.7 Å². The molecule has 5 heterocycles. The molecule has 0 saturated carbocycles. The molecule has 0 spiro atoms. The van der Waals surface area contributed by atoms with E-state index < -0.39 is 59.0 Å². The van der Waals surface area contributed by atoms with Crippen LogP contribution in [0.4, 0.5) is 37.8 Å². The number of aryl methyl sites for hydroxylation is 2. The SMILES string of the molecule is Cc1cc(-c2cn(CC(=O)Nc3cc(N4CCN(CCC(F)(F)F)C[C@@H]4C)nc(F)c3Cl)c3nc4n(c(=O)c23)CCC4)c(F)c(F)c1O. The molecule has 1 aromatic carbocycles. The molecule has 0 unspecified atom stereocenters. The number of aromatic hydroxyl groups is 1. The predicted molar refractivity (Wildman–Crippen MR) is 166 cm³/mol. The number of alkyl halides is 3. The van der Waals surface area contributed by atoms with Crippen molar-refractivity contribution in [2.24, 2.45) is 0 Å². The fourth-order valence-corrected chi connectivity index (χ4v) is 6.47. The highest BCUT2D eigenvalue weighted by Gasteiger charge is 2.32. The Hall–Kier alpha value is -4.31. The van der Waals surface area contributed by atoms with E-state index in [0.717, 1.165) is 0 Å². The number of halogens is 7. The van der Waals surface area contributed by atoms with Gasteiger partial charge in [-0.1, -0.05) is 11.6 Å². The van der Waals surface area contributed by atoms with Gasteiger partial charge < -0.3 is 19.9 Å². The molecule has 256 valence electrons. The Morgan fingerprint density at radius 1 is 1.10 bits per heavy atom. The smallest absolute Gasteiger partial charge is 0.390 e. The van der Waals surface area contributed by atoms with E-state index >= 15 is 4.39 Å². The lowest BCUT2D eigenvalue weighted by Gasteiger charge is -2.40. The van der Waals surface area contributed by atoms with E-state index in [0.29, 0.717) is 25.2 Å². The number of nitrogens with one attached hydrogen (secondary N) is 1. The first-order valence-corrected chi connectivity index (χ1v) is 15.5. The van der Waals surface area contributed by atoms with Crippen LogP contribution in [0.15, 0.2) is 23.1 Å². The van der Waals surface area contributed by atoms with Gasteiger partial charge in [-0.2, -0.15) is 22.0 Å². The van der Waals surface area contributed by atoms with Crippen LogP contribution in [0.1, 0.15) is 31.2 Å². The predicted octanol–water partition coefficient (Wildman–Crippen LogP) is 5.39. The number of aromatic nitrogens is 4. The summed E-state index contributed by atoms with van der Waals surface area (Å²) in [6, 6.07) is 2.22. The second-order valence-corrected chi connectivity index (χ2v) is 12.4. The van der Waals surface area contributed by atoms with Crippen LogP contribution in [0.3, 0.4) is 0 Å². The Kier molecular flexibility index (Phi) is 8.83. The Morgan fingerprint density at radius 2 is 1.85 bits per heavy atom. The monoisotopic (exact) mass is 697 g/mol. The normalized spacial score (nSPS) is 16.9. The lowest BCUT2D eigenvalue weighted by molar-refractivity contribution is -0.138. The van der Waals surface area contributed by atoms with E-state index in [1.165, 1.54) is 34.4 Å². The minimum Gasteiger partial charge on any atom is -0.505 e. The molecule has 1 atom stereocenters. The lowest BCUT2D eigenvalue weighted by Crippen LogP contribution is -2.52. The minimum atomic E-state index is -4.28. The van der Waals surface area contributed by atoms with Crippen molar-refractivity contribution >= 4 is 40.0 Å². The topological polar surface area (TPSA) is 109 Å². The highest BCUT2D eigenvalue weighted by Crippen LogP contribution is 2.36. The van der Waals surface area contributed by atoms with Crippen LogP contribution in [-0.2, 0) is 24.3 Å². The van der Waals surface area contributed by atoms with Crippen molar-refractivity contribution in [1.82, 2.24) is 24.0 Å². The van der Waals surface area contributed by atoms with E-state index in [2.05, 4.69) is 15.3 Å². The van der Waals surface area contributed by atoms with Gasteiger partial charge in [0.25, 0.3) is 5.56 Å². The van der Waals surface area contributed by atoms with Gasteiger partial charge in [0.05, 0.1) is 17.5 Å². The zero-order valence-corrected chi connectivity index (χ0v) is 26.5. The van der Waals surface area contributed by atoms with Gasteiger partial charge in [0.2, 0.25) is 17.7 Å². The quantitative estimate of drug-likeness (QED) is 0.197. The van der Waals surface area contributed by atoms with Crippen molar-refractivity contribution in [2.75, 3.05) is 36.4 Å². The molecule has 2 aliphatic heterocycles. The van der Waals surface area contributed by atoms with Crippen LogP contribution < -0.4 is 15.8 Å². The largest absolute Gasteiger partial charge is 0.505 e. The number of rotatable bonds is 7. The third-order valence-corrected chi connectivity index (χ3v) is 9.07. The fraction of sp³-hybridized carbons (Fsp3) is 0.419. The Morgan fingerprint density at radius 3 is 2.56 bits per heavy atom. The number of fused-ring (bicyclic) bond motifs is 2. The van der Waals surface area contributed by atoms with Crippen LogP contribution >= 0.6 is 11.6 Å². The first kappa shape index (κ1) is 33.6. The van der Waals surface area contributed by atoms with Gasteiger partial charge in [0.15, 0.2) is 11.6 Å². The number of phenols is 1. The van der Waals surface area contributed by atoms with E-state index in [-0.39, 0.29) is 71.4 Å². The molecule has 48 heavy (non-hydrogen) atoms. The number of carbonyl (C=O) groups excluding carboxylic acids is 1. The fourth-order valence-electron chi connectivity index (χ4n) is 6.32. The summed E-state index contributed by atoms with van der Waals surface area (Å²) in [5.74, 6) is -4.95. The van der Waals surface area contributed by atoms with Gasteiger partial charge in [-0.05, 0) is 31.9 Å². The highest BCUT2D eigenvalue weighted by molar-refractivity contribution is 6.33. The van der Waals surface area contributed by atoms with Gasteiger partial charge >= 0.3 is 6.18 Å². The van der Waals surface area contributed by atoms with Crippen molar-refractivity contribution in [2.45, 2.75) is 58.4 Å². The molecule has 10 nitrogen and oxygen atoms in total. The van der Waals surface area contributed by atoms with E-state index in [9.17, 15) is 36.6 Å². The second-order valence-electron chi connectivity index (χ2n) is 12.1. The van der Waals surface area contributed by atoms with Crippen LogP contribution in [0, 0.1) is 24.5 Å². The van der Waals surface area contributed by atoms with Crippen LogP contribution in [0.5, 0.6) is 5.75 Å². The summed E-state index contributed by atoms with van der Waals surface area (Å²) >= 11 is 6.17. The number of anilines is 2. The maximum Gasteiger partial charge on any atom is 0.390 e. The van der Waals surface area contributed by atoms with Gasteiger partial charge in [-0.15, -0.1) is 0 Å². The molecule has 0 radical (unpaired) electrons. The Labute approximate surface area is 274 Å². The first-order chi connectivity index (χ1) is 22.6. The molecule has 0 bridgehead atoms. The van der Waals surface area contributed by atoms with Gasteiger partial charge in [0, 0.05) is 68.6 Å². The third-order valence-electron chi connectivity index (χ3n) is 8.71. The molecule has 0 aliphatic carbocycles. The number of carbonyl (C=O) groups is 1. The summed E-state index contributed by atoms with van der Waals surface area (Å²) in [7, 11) is 0. The van der Waals surface area contributed by atoms with Crippen molar-refractivity contribution in [3.63, 3.8) is 0 Å². The van der Waals surface area contributed by atoms with Crippen molar-refractivity contribution < 1.29 is 36.2 Å². The molecule has 1 saturated heterocycles. The van der Waals surface area contributed by atoms with Gasteiger partial charge in [-0.3, -0.25) is 19.1 Å².